The van der Waals surface area contributed by atoms with Gasteiger partial charge in [-0.15, -0.1) is 0 Å². The third kappa shape index (κ3) is 5.51. The number of urea groups is 1. The van der Waals surface area contributed by atoms with Crippen LogP contribution in [-0.2, 0) is 9.53 Å². The second kappa shape index (κ2) is 7.61. The number of carbonyl (C=O) groups excluding carboxylic acids is 1. The number of carboxylic acid groups (broad SMARTS) is 1. The number of likely N-dealkylation sites (tertiary alicyclic amines) is 1. The summed E-state index contributed by atoms with van der Waals surface area (Å²) < 4.78 is 5.28. The van der Waals surface area contributed by atoms with Gasteiger partial charge < -0.3 is 25.0 Å². The van der Waals surface area contributed by atoms with Gasteiger partial charge in [0.25, 0.3) is 0 Å². The van der Waals surface area contributed by atoms with Crippen molar-refractivity contribution in [1.82, 2.24) is 15.1 Å². The van der Waals surface area contributed by atoms with Gasteiger partial charge in [-0.05, 0) is 26.9 Å². The average Bonchev–Trinajstić information content (AvgIpc) is 2.39. The van der Waals surface area contributed by atoms with Crippen LogP contribution in [0.2, 0.25) is 0 Å². The Balaban J connectivity index is 2.30. The number of likely N-dealkylation sites (N-methyl/N-ethyl adjacent to an activating group) is 1. The Labute approximate surface area is 126 Å². The van der Waals surface area contributed by atoms with Gasteiger partial charge in [-0.25, -0.2) is 9.59 Å². The van der Waals surface area contributed by atoms with Gasteiger partial charge in [-0.1, -0.05) is 13.8 Å². The summed E-state index contributed by atoms with van der Waals surface area (Å²) in [4.78, 5) is 26.4. The Morgan fingerprint density at radius 3 is 2.43 bits per heavy atom. The van der Waals surface area contributed by atoms with Crippen molar-refractivity contribution in [2.45, 2.75) is 39.3 Å². The second-order valence-corrected chi connectivity index (χ2v) is 5.82. The van der Waals surface area contributed by atoms with E-state index in [1.54, 1.807) is 4.90 Å². The van der Waals surface area contributed by atoms with Gasteiger partial charge >= 0.3 is 12.0 Å². The van der Waals surface area contributed by atoms with Crippen molar-refractivity contribution < 1.29 is 19.4 Å². The van der Waals surface area contributed by atoms with Crippen molar-refractivity contribution in [2.75, 3.05) is 39.3 Å². The minimum Gasteiger partial charge on any atom is -0.480 e. The number of rotatable bonds is 8. The van der Waals surface area contributed by atoms with Crippen LogP contribution in [0.3, 0.4) is 0 Å². The van der Waals surface area contributed by atoms with Crippen LogP contribution in [0, 0.1) is 0 Å². The topological polar surface area (TPSA) is 82.1 Å². The van der Waals surface area contributed by atoms with Crippen LogP contribution in [0.1, 0.15) is 27.7 Å². The Bertz CT molecular complexity index is 365. The van der Waals surface area contributed by atoms with E-state index in [0.717, 1.165) is 19.6 Å². The van der Waals surface area contributed by atoms with Crippen molar-refractivity contribution in [3.63, 3.8) is 0 Å². The summed E-state index contributed by atoms with van der Waals surface area (Å²) in [6, 6.07) is -0.0461. The van der Waals surface area contributed by atoms with E-state index in [1.165, 1.54) is 0 Å². The predicted octanol–water partition coefficient (Wildman–Crippen LogP) is 0.602. The second-order valence-electron chi connectivity index (χ2n) is 5.82. The van der Waals surface area contributed by atoms with Gasteiger partial charge in [0.05, 0.1) is 13.1 Å². The van der Waals surface area contributed by atoms with Crippen molar-refractivity contribution in [1.29, 1.82) is 0 Å². The molecule has 2 N–H and O–H groups in total. The normalized spacial score (nSPS) is 18.2. The maximum Gasteiger partial charge on any atom is 0.329 e. The summed E-state index contributed by atoms with van der Waals surface area (Å²) in [5.41, 5.74) is -0.544. The number of carboxylic acids is 1. The first-order chi connectivity index (χ1) is 9.79. The number of hydrogen-bond acceptors (Lipinski definition) is 4. The van der Waals surface area contributed by atoms with Gasteiger partial charge in [0, 0.05) is 12.6 Å². The molecule has 1 rings (SSSR count). The summed E-state index contributed by atoms with van der Waals surface area (Å²) in [5.74, 6) is -0.994. The molecule has 0 radical (unpaired) electrons. The molecule has 1 unspecified atom stereocenters. The lowest BCUT2D eigenvalue weighted by atomic mass is 9.97. The lowest BCUT2D eigenvalue weighted by Gasteiger charge is -2.47. The van der Waals surface area contributed by atoms with Crippen LogP contribution in [0.4, 0.5) is 4.79 Å². The van der Waals surface area contributed by atoms with Gasteiger partial charge in [0.1, 0.15) is 12.2 Å². The molecule has 1 aliphatic heterocycles. The maximum absolute atomic E-state index is 12.0. The third-order valence-corrected chi connectivity index (χ3v) is 3.68. The molecule has 0 aliphatic carbocycles. The molecule has 1 atom stereocenters. The molecule has 1 heterocycles. The molecular formula is C14H27N3O4. The van der Waals surface area contributed by atoms with Crippen molar-refractivity contribution in [3.8, 4) is 0 Å². The zero-order valence-corrected chi connectivity index (χ0v) is 13.4. The third-order valence-electron chi connectivity index (χ3n) is 3.68. The van der Waals surface area contributed by atoms with Crippen LogP contribution in [0.25, 0.3) is 0 Å². The van der Waals surface area contributed by atoms with Crippen LogP contribution in [0.15, 0.2) is 0 Å². The van der Waals surface area contributed by atoms with E-state index in [1.807, 2.05) is 13.8 Å². The Hall–Kier alpha value is -1.34. The first-order valence-corrected chi connectivity index (χ1v) is 7.43. The number of hydrogen-bond donors (Lipinski definition) is 2. The Morgan fingerprint density at radius 1 is 1.38 bits per heavy atom. The molecule has 21 heavy (non-hydrogen) atoms. The van der Waals surface area contributed by atoms with E-state index >= 15 is 0 Å². The van der Waals surface area contributed by atoms with Gasteiger partial charge in [-0.2, -0.15) is 0 Å². The van der Waals surface area contributed by atoms with Gasteiger partial charge in [0.15, 0.2) is 0 Å². The summed E-state index contributed by atoms with van der Waals surface area (Å²) in [6.07, 6.45) is 0. The van der Waals surface area contributed by atoms with Gasteiger partial charge in [-0.3, -0.25) is 0 Å². The minimum atomic E-state index is -0.994. The number of ether oxygens (including phenoxy) is 1. The smallest absolute Gasteiger partial charge is 0.329 e. The lowest BCUT2D eigenvalue weighted by molar-refractivity contribution is -0.159. The number of nitrogens with one attached hydrogen (secondary N) is 1. The van der Waals surface area contributed by atoms with Crippen LogP contribution < -0.4 is 5.32 Å². The zero-order chi connectivity index (χ0) is 16.0. The summed E-state index contributed by atoms with van der Waals surface area (Å²) >= 11 is 0. The zero-order valence-electron chi connectivity index (χ0n) is 13.4. The number of amides is 2. The number of aliphatic carboxylic acids is 1. The molecule has 0 saturated carbocycles. The van der Waals surface area contributed by atoms with E-state index in [-0.39, 0.29) is 18.7 Å². The molecule has 122 valence electrons. The molecule has 0 aromatic carbocycles. The van der Waals surface area contributed by atoms with E-state index in [9.17, 15) is 9.59 Å². The molecule has 1 fully saturated rings. The molecule has 7 nitrogen and oxygen atoms in total. The number of carbonyl (C=O) groups is 2. The molecule has 0 aromatic heterocycles. The van der Waals surface area contributed by atoms with Crippen LogP contribution in [0.5, 0.6) is 0 Å². The molecule has 0 spiro atoms. The van der Waals surface area contributed by atoms with E-state index in [0.29, 0.717) is 13.1 Å². The van der Waals surface area contributed by atoms with E-state index < -0.39 is 11.6 Å². The fraction of sp³-hybridized carbons (Fsp3) is 0.857. The highest BCUT2D eigenvalue weighted by Gasteiger charge is 2.43. The molecule has 1 saturated heterocycles. The average molecular weight is 301 g/mol. The Kier molecular flexibility index (Phi) is 6.42. The largest absolute Gasteiger partial charge is 0.480 e. The lowest BCUT2D eigenvalue weighted by Crippen LogP contribution is -2.66. The van der Waals surface area contributed by atoms with Crippen LogP contribution >= 0.6 is 0 Å². The first kappa shape index (κ1) is 17.7. The van der Waals surface area contributed by atoms with Crippen molar-refractivity contribution in [3.05, 3.63) is 0 Å². The highest BCUT2D eigenvalue weighted by Crippen LogP contribution is 2.24. The fourth-order valence-corrected chi connectivity index (χ4v) is 2.45. The van der Waals surface area contributed by atoms with Gasteiger partial charge in [0.2, 0.25) is 0 Å². The monoisotopic (exact) mass is 301 g/mol. The molecule has 0 aromatic rings. The van der Waals surface area contributed by atoms with E-state index in [2.05, 4.69) is 24.1 Å². The molecule has 2 amide bonds. The van der Waals surface area contributed by atoms with Crippen LogP contribution in [-0.4, -0.2) is 77.9 Å². The Morgan fingerprint density at radius 2 is 1.95 bits per heavy atom. The molecule has 7 heteroatoms. The quantitative estimate of drug-likeness (QED) is 0.686. The minimum absolute atomic E-state index is 0.0733. The summed E-state index contributed by atoms with van der Waals surface area (Å²) in [7, 11) is 0. The summed E-state index contributed by atoms with van der Waals surface area (Å²) in [6.45, 7) is 11.2. The summed E-state index contributed by atoms with van der Waals surface area (Å²) in [5, 5.41) is 11.6. The molecular weight excluding hydrogens is 274 g/mol. The molecule has 0 bridgehead atoms. The molecule has 1 aliphatic rings. The SMILES string of the molecule is CCN(CC)CC(C)NC(=O)N1CC(C)(OCC(=O)O)C1. The van der Waals surface area contributed by atoms with Crippen molar-refractivity contribution >= 4 is 12.0 Å². The first-order valence-electron chi connectivity index (χ1n) is 7.43. The maximum atomic E-state index is 12.0. The van der Waals surface area contributed by atoms with E-state index in [4.69, 9.17) is 9.84 Å². The fourth-order valence-electron chi connectivity index (χ4n) is 2.45. The standard InChI is InChI=1S/C14H27N3O4/c1-5-16(6-2)7-11(3)15-13(20)17-9-14(4,10-17)21-8-12(18)19/h11H,5-10H2,1-4H3,(H,15,20)(H,18,19). The highest BCUT2D eigenvalue weighted by atomic mass is 16.5. The van der Waals surface area contributed by atoms with Crippen molar-refractivity contribution in [2.24, 2.45) is 0 Å². The highest BCUT2D eigenvalue weighted by molar-refractivity contribution is 5.76. The number of nitrogens with zero attached hydrogens (tertiary/aromatic N) is 2. The predicted molar refractivity (Wildman–Crippen MR) is 79.3 cm³/mol.